The lowest BCUT2D eigenvalue weighted by atomic mass is 10.1. The van der Waals surface area contributed by atoms with E-state index in [-0.39, 0.29) is 29.4 Å². The number of nitrogens with one attached hydrogen (secondary N) is 1. The predicted octanol–water partition coefficient (Wildman–Crippen LogP) is 2.83. The summed E-state index contributed by atoms with van der Waals surface area (Å²) in [6, 6.07) is 11.0. The molecule has 2 N–H and O–H groups in total. The molecule has 114 valence electrons. The lowest BCUT2D eigenvalue weighted by Gasteiger charge is -2.08. The van der Waals surface area contributed by atoms with Crippen LogP contribution in [0, 0.1) is 5.82 Å². The summed E-state index contributed by atoms with van der Waals surface area (Å²) >= 11 is 0. The van der Waals surface area contributed by atoms with Crippen LogP contribution in [0.1, 0.15) is 28.3 Å². The van der Waals surface area contributed by atoms with Crippen molar-refractivity contribution in [1.29, 1.82) is 0 Å². The molecule has 22 heavy (non-hydrogen) atoms. The first-order valence-electron chi connectivity index (χ1n) is 7.02. The van der Waals surface area contributed by atoms with Crippen LogP contribution >= 0.6 is 0 Å². The Labute approximate surface area is 127 Å². The van der Waals surface area contributed by atoms with E-state index in [4.69, 9.17) is 4.74 Å². The zero-order valence-corrected chi connectivity index (χ0v) is 12.0. The summed E-state index contributed by atoms with van der Waals surface area (Å²) in [7, 11) is 1.44. The second-order valence-electron chi connectivity index (χ2n) is 5.33. The Morgan fingerprint density at radius 2 is 2.09 bits per heavy atom. The topological polar surface area (TPSA) is 58.6 Å². The summed E-state index contributed by atoms with van der Waals surface area (Å²) in [5, 5.41) is 12.6. The number of phenols is 1. The molecule has 2 unspecified atom stereocenters. The van der Waals surface area contributed by atoms with Gasteiger partial charge in [0.2, 0.25) is 0 Å². The summed E-state index contributed by atoms with van der Waals surface area (Å²) in [4.78, 5) is 12.2. The lowest BCUT2D eigenvalue weighted by Crippen LogP contribution is -2.26. The molecule has 5 heteroatoms. The largest absolute Gasteiger partial charge is 0.504 e. The monoisotopic (exact) mass is 301 g/mol. The zero-order chi connectivity index (χ0) is 15.7. The molecular weight excluding hydrogens is 285 g/mol. The van der Waals surface area contributed by atoms with Crippen molar-refractivity contribution in [3.63, 3.8) is 0 Å². The highest BCUT2D eigenvalue weighted by Gasteiger charge is 2.41. The maximum Gasteiger partial charge on any atom is 0.251 e. The zero-order valence-electron chi connectivity index (χ0n) is 12.0. The van der Waals surface area contributed by atoms with Gasteiger partial charge in [-0.15, -0.1) is 0 Å². The number of halogens is 1. The SMILES string of the molecule is COc1ccc(C(=O)NC2CC2c2ccccc2F)cc1O. The third kappa shape index (κ3) is 2.74. The average molecular weight is 301 g/mol. The third-order valence-corrected chi connectivity index (χ3v) is 3.85. The minimum absolute atomic E-state index is 0.0111. The first kappa shape index (κ1) is 14.4. The number of rotatable bonds is 4. The number of benzene rings is 2. The van der Waals surface area contributed by atoms with Gasteiger partial charge < -0.3 is 15.2 Å². The van der Waals surface area contributed by atoms with E-state index >= 15 is 0 Å². The van der Waals surface area contributed by atoms with E-state index in [9.17, 15) is 14.3 Å². The van der Waals surface area contributed by atoms with E-state index in [0.29, 0.717) is 16.9 Å². The first-order chi connectivity index (χ1) is 10.6. The van der Waals surface area contributed by atoms with Crippen LogP contribution in [0.5, 0.6) is 11.5 Å². The van der Waals surface area contributed by atoms with Crippen molar-refractivity contribution in [2.75, 3.05) is 7.11 Å². The Kier molecular flexibility index (Phi) is 3.71. The molecule has 4 nitrogen and oxygen atoms in total. The van der Waals surface area contributed by atoms with Crippen molar-refractivity contribution in [2.45, 2.75) is 18.4 Å². The van der Waals surface area contributed by atoms with Crippen LogP contribution in [0.2, 0.25) is 0 Å². The van der Waals surface area contributed by atoms with E-state index in [0.717, 1.165) is 6.42 Å². The van der Waals surface area contributed by atoms with Gasteiger partial charge in [0, 0.05) is 17.5 Å². The van der Waals surface area contributed by atoms with Gasteiger partial charge in [-0.3, -0.25) is 4.79 Å². The van der Waals surface area contributed by atoms with Gasteiger partial charge in [-0.1, -0.05) is 18.2 Å². The maximum absolute atomic E-state index is 13.7. The molecule has 3 rings (SSSR count). The van der Waals surface area contributed by atoms with Crippen LogP contribution in [0.25, 0.3) is 0 Å². The van der Waals surface area contributed by atoms with E-state index in [2.05, 4.69) is 5.32 Å². The molecule has 0 radical (unpaired) electrons. The lowest BCUT2D eigenvalue weighted by molar-refractivity contribution is 0.0949. The summed E-state index contributed by atoms with van der Waals surface area (Å²) < 4.78 is 18.6. The predicted molar refractivity (Wildman–Crippen MR) is 79.7 cm³/mol. The fourth-order valence-electron chi connectivity index (χ4n) is 2.56. The molecule has 2 aromatic rings. The Hall–Kier alpha value is -2.56. The average Bonchev–Trinajstić information content (AvgIpc) is 3.26. The van der Waals surface area contributed by atoms with Gasteiger partial charge in [0.1, 0.15) is 5.82 Å². The summed E-state index contributed by atoms with van der Waals surface area (Å²) in [6.07, 6.45) is 0.717. The fourth-order valence-corrected chi connectivity index (χ4v) is 2.56. The molecule has 1 aliphatic rings. The number of hydrogen-bond donors (Lipinski definition) is 2. The number of hydrogen-bond acceptors (Lipinski definition) is 3. The van der Waals surface area contributed by atoms with E-state index in [1.165, 1.54) is 25.3 Å². The van der Waals surface area contributed by atoms with Crippen LogP contribution in [-0.2, 0) is 0 Å². The molecule has 0 saturated heterocycles. The van der Waals surface area contributed by atoms with Gasteiger partial charge in [0.25, 0.3) is 5.91 Å². The molecule has 1 aliphatic carbocycles. The number of carbonyl (C=O) groups excluding carboxylic acids is 1. The van der Waals surface area contributed by atoms with Crippen LogP contribution in [-0.4, -0.2) is 24.2 Å². The molecule has 1 fully saturated rings. The van der Waals surface area contributed by atoms with Crippen LogP contribution in [0.15, 0.2) is 42.5 Å². The molecule has 0 heterocycles. The van der Waals surface area contributed by atoms with Gasteiger partial charge >= 0.3 is 0 Å². The number of amides is 1. The van der Waals surface area contributed by atoms with E-state index in [1.807, 2.05) is 0 Å². The molecule has 2 aromatic carbocycles. The molecule has 2 atom stereocenters. The van der Waals surface area contributed by atoms with Gasteiger partial charge in [-0.05, 0) is 36.2 Å². The molecule has 0 aliphatic heterocycles. The number of methoxy groups -OCH3 is 1. The highest BCUT2D eigenvalue weighted by Crippen LogP contribution is 2.42. The maximum atomic E-state index is 13.7. The van der Waals surface area contributed by atoms with Crippen LogP contribution < -0.4 is 10.1 Å². The molecular formula is C17H16FNO3. The van der Waals surface area contributed by atoms with Gasteiger partial charge in [0.05, 0.1) is 7.11 Å². The Bertz CT molecular complexity index is 717. The Balaban J connectivity index is 1.67. The van der Waals surface area contributed by atoms with Crippen molar-refractivity contribution in [3.8, 4) is 11.5 Å². The van der Waals surface area contributed by atoms with E-state index in [1.54, 1.807) is 24.3 Å². The molecule has 1 amide bonds. The van der Waals surface area contributed by atoms with E-state index < -0.39 is 0 Å². The highest BCUT2D eigenvalue weighted by molar-refractivity contribution is 5.95. The minimum Gasteiger partial charge on any atom is -0.504 e. The number of carbonyl (C=O) groups is 1. The standard InChI is InChI=1S/C17H16FNO3/c1-22-16-7-6-10(8-15(16)20)17(21)19-14-9-12(14)11-4-2-3-5-13(11)18/h2-8,12,14,20H,9H2,1H3,(H,19,21). The van der Waals surface area contributed by atoms with Gasteiger partial charge in [0.15, 0.2) is 11.5 Å². The summed E-state index contributed by atoms with van der Waals surface area (Å²) in [5.74, 6) is -0.297. The Morgan fingerprint density at radius 1 is 1.32 bits per heavy atom. The highest BCUT2D eigenvalue weighted by atomic mass is 19.1. The van der Waals surface area contributed by atoms with Crippen molar-refractivity contribution in [3.05, 3.63) is 59.4 Å². The van der Waals surface area contributed by atoms with Gasteiger partial charge in [-0.25, -0.2) is 4.39 Å². The number of ether oxygens (including phenoxy) is 1. The summed E-state index contributed by atoms with van der Waals surface area (Å²) in [6.45, 7) is 0. The van der Waals surface area contributed by atoms with Crippen LogP contribution in [0.4, 0.5) is 4.39 Å². The van der Waals surface area contributed by atoms with Crippen molar-refractivity contribution in [2.24, 2.45) is 0 Å². The number of phenolic OH excluding ortho intramolecular Hbond substituents is 1. The molecule has 0 bridgehead atoms. The van der Waals surface area contributed by atoms with Crippen molar-refractivity contribution >= 4 is 5.91 Å². The smallest absolute Gasteiger partial charge is 0.251 e. The first-order valence-corrected chi connectivity index (χ1v) is 7.02. The third-order valence-electron chi connectivity index (χ3n) is 3.85. The molecule has 1 saturated carbocycles. The summed E-state index contributed by atoms with van der Waals surface area (Å²) in [5.41, 5.74) is 0.975. The Morgan fingerprint density at radius 3 is 2.77 bits per heavy atom. The second kappa shape index (κ2) is 5.67. The normalized spacial score (nSPS) is 19.5. The molecule has 0 spiro atoms. The minimum atomic E-state index is -0.290. The van der Waals surface area contributed by atoms with Gasteiger partial charge in [-0.2, -0.15) is 0 Å². The van der Waals surface area contributed by atoms with Crippen molar-refractivity contribution in [1.82, 2.24) is 5.32 Å². The van der Waals surface area contributed by atoms with Crippen LogP contribution in [0.3, 0.4) is 0 Å². The fraction of sp³-hybridized carbons (Fsp3) is 0.235. The molecule has 0 aromatic heterocycles. The second-order valence-corrected chi connectivity index (χ2v) is 5.33. The quantitative estimate of drug-likeness (QED) is 0.913. The number of aromatic hydroxyl groups is 1. The van der Waals surface area contributed by atoms with Crippen molar-refractivity contribution < 1.29 is 19.0 Å².